The number of ether oxygens (including phenoxy) is 1. The summed E-state index contributed by atoms with van der Waals surface area (Å²) < 4.78 is 20.7. The van der Waals surface area contributed by atoms with Crippen LogP contribution in [0.25, 0.3) is 0 Å². The van der Waals surface area contributed by atoms with Gasteiger partial charge in [0.2, 0.25) is 0 Å². The molecule has 0 aliphatic carbocycles. The third-order valence-electron chi connectivity index (χ3n) is 2.73. The van der Waals surface area contributed by atoms with Crippen molar-refractivity contribution >= 4 is 0 Å². The highest BCUT2D eigenvalue weighted by molar-refractivity contribution is 5.29. The maximum Gasteiger partial charge on any atom is 0.127 e. The van der Waals surface area contributed by atoms with Gasteiger partial charge in [0.05, 0.1) is 12.8 Å². The largest absolute Gasteiger partial charge is 0.493 e. The van der Waals surface area contributed by atoms with Crippen LogP contribution in [0.1, 0.15) is 11.1 Å². The summed E-state index contributed by atoms with van der Waals surface area (Å²) >= 11 is 0. The number of aromatic nitrogens is 2. The molecule has 0 atom stereocenters. The molecule has 0 amide bonds. The van der Waals surface area contributed by atoms with Gasteiger partial charge in [-0.2, -0.15) is 5.10 Å². The lowest BCUT2D eigenvalue weighted by atomic mass is 10.2. The van der Waals surface area contributed by atoms with Gasteiger partial charge in [-0.15, -0.1) is 0 Å². The maximum absolute atomic E-state index is 13.4. The summed E-state index contributed by atoms with van der Waals surface area (Å²) in [6.45, 7) is 1.13. The second kappa shape index (κ2) is 6.33. The quantitative estimate of drug-likeness (QED) is 0.865. The summed E-state index contributed by atoms with van der Waals surface area (Å²) in [4.78, 5) is 0. The van der Waals surface area contributed by atoms with Gasteiger partial charge in [0, 0.05) is 32.3 Å². The van der Waals surface area contributed by atoms with Crippen LogP contribution in [-0.4, -0.2) is 23.4 Å². The highest BCUT2D eigenvalue weighted by Gasteiger charge is 2.02. The molecule has 0 unspecified atom stereocenters. The molecule has 2 aromatic rings. The Morgan fingerprint density at radius 3 is 2.84 bits per heavy atom. The van der Waals surface area contributed by atoms with Crippen LogP contribution in [0, 0.1) is 5.82 Å². The molecule has 0 bridgehead atoms. The predicted octanol–water partition coefficient (Wildman–Crippen LogP) is 1.90. The Bertz CT molecular complexity index is 539. The van der Waals surface area contributed by atoms with Gasteiger partial charge < -0.3 is 10.1 Å². The number of rotatable bonds is 6. The highest BCUT2D eigenvalue weighted by Crippen LogP contribution is 2.16. The molecule has 0 radical (unpaired) electrons. The van der Waals surface area contributed by atoms with Gasteiger partial charge in [-0.05, 0) is 30.3 Å². The summed E-state index contributed by atoms with van der Waals surface area (Å²) in [7, 11) is 3.70. The van der Waals surface area contributed by atoms with E-state index < -0.39 is 0 Å². The van der Waals surface area contributed by atoms with Gasteiger partial charge in [-0.3, -0.25) is 4.68 Å². The fourth-order valence-electron chi connectivity index (χ4n) is 1.90. The van der Waals surface area contributed by atoms with Crippen molar-refractivity contribution in [3.05, 3.63) is 47.5 Å². The van der Waals surface area contributed by atoms with Crippen LogP contribution in [0.4, 0.5) is 4.39 Å². The van der Waals surface area contributed by atoms with Crippen LogP contribution >= 0.6 is 0 Å². The van der Waals surface area contributed by atoms with E-state index in [1.807, 2.05) is 26.4 Å². The number of aryl methyl sites for hydroxylation is 1. The van der Waals surface area contributed by atoms with Crippen LogP contribution in [0.3, 0.4) is 0 Å². The van der Waals surface area contributed by atoms with Crippen LogP contribution in [0.2, 0.25) is 0 Å². The second-order valence-electron chi connectivity index (χ2n) is 4.45. The number of hydrogen-bond donors (Lipinski definition) is 1. The topological polar surface area (TPSA) is 39.1 Å². The first-order chi connectivity index (χ1) is 9.17. The smallest absolute Gasteiger partial charge is 0.127 e. The van der Waals surface area contributed by atoms with E-state index in [1.165, 1.54) is 12.1 Å². The Labute approximate surface area is 112 Å². The zero-order chi connectivity index (χ0) is 13.7. The van der Waals surface area contributed by atoms with E-state index >= 15 is 0 Å². The van der Waals surface area contributed by atoms with Crippen LogP contribution in [-0.2, 0) is 20.0 Å². The number of nitrogens with one attached hydrogen (secondary N) is 1. The monoisotopic (exact) mass is 263 g/mol. The molecule has 2 rings (SSSR count). The maximum atomic E-state index is 13.4. The van der Waals surface area contributed by atoms with Crippen LogP contribution in [0.15, 0.2) is 30.6 Å². The minimum absolute atomic E-state index is 0.274. The first-order valence-electron chi connectivity index (χ1n) is 6.22. The van der Waals surface area contributed by atoms with E-state index in [2.05, 4.69) is 10.4 Å². The minimum atomic E-state index is -0.274. The molecule has 0 saturated heterocycles. The van der Waals surface area contributed by atoms with Gasteiger partial charge in [-0.1, -0.05) is 0 Å². The van der Waals surface area contributed by atoms with E-state index in [9.17, 15) is 4.39 Å². The predicted molar refractivity (Wildman–Crippen MR) is 71.6 cm³/mol. The van der Waals surface area contributed by atoms with Crippen molar-refractivity contribution in [3.8, 4) is 5.75 Å². The summed E-state index contributed by atoms with van der Waals surface area (Å²) in [5.41, 5.74) is 1.98. The lowest BCUT2D eigenvalue weighted by molar-refractivity contribution is 0.320. The summed E-state index contributed by atoms with van der Waals surface area (Å²) in [6, 6.07) is 4.76. The molecule has 1 N–H and O–H groups in total. The number of benzene rings is 1. The van der Waals surface area contributed by atoms with E-state index in [1.54, 1.807) is 10.9 Å². The normalized spacial score (nSPS) is 10.7. The lowest BCUT2D eigenvalue weighted by Crippen LogP contribution is -2.06. The second-order valence-corrected chi connectivity index (χ2v) is 4.45. The van der Waals surface area contributed by atoms with Crippen molar-refractivity contribution in [1.29, 1.82) is 0 Å². The first kappa shape index (κ1) is 13.5. The Kier molecular flexibility index (Phi) is 4.52. The Balaban J connectivity index is 1.91. The first-order valence-corrected chi connectivity index (χ1v) is 6.22. The number of hydrogen-bond acceptors (Lipinski definition) is 3. The van der Waals surface area contributed by atoms with Gasteiger partial charge in [0.1, 0.15) is 11.6 Å². The summed E-state index contributed by atoms with van der Waals surface area (Å²) in [5.74, 6) is 0.290. The zero-order valence-electron chi connectivity index (χ0n) is 11.2. The van der Waals surface area contributed by atoms with Crippen LogP contribution < -0.4 is 10.1 Å². The van der Waals surface area contributed by atoms with Gasteiger partial charge >= 0.3 is 0 Å². The Morgan fingerprint density at radius 2 is 2.16 bits per heavy atom. The lowest BCUT2D eigenvalue weighted by Gasteiger charge is -2.08. The van der Waals surface area contributed by atoms with Gasteiger partial charge in [0.15, 0.2) is 0 Å². The summed E-state index contributed by atoms with van der Waals surface area (Å²) in [6.07, 6.45) is 4.51. The SMILES string of the molecule is CNCc1cc(F)cc(OCCc2cnn(C)c2)c1. The molecule has 4 nitrogen and oxygen atoms in total. The van der Waals surface area contributed by atoms with E-state index in [0.29, 0.717) is 18.9 Å². The van der Waals surface area contributed by atoms with Crippen molar-refractivity contribution in [2.45, 2.75) is 13.0 Å². The molecule has 1 aromatic heterocycles. The molecular weight excluding hydrogens is 245 g/mol. The molecule has 0 fully saturated rings. The average molecular weight is 263 g/mol. The fourth-order valence-corrected chi connectivity index (χ4v) is 1.90. The van der Waals surface area contributed by atoms with Crippen molar-refractivity contribution in [3.63, 3.8) is 0 Å². The fraction of sp³-hybridized carbons (Fsp3) is 0.357. The third kappa shape index (κ3) is 4.06. The molecule has 1 aromatic carbocycles. The zero-order valence-corrected chi connectivity index (χ0v) is 11.2. The minimum Gasteiger partial charge on any atom is -0.493 e. The van der Waals surface area contributed by atoms with Gasteiger partial charge in [-0.25, -0.2) is 4.39 Å². The number of halogens is 1. The Morgan fingerprint density at radius 1 is 1.32 bits per heavy atom. The third-order valence-corrected chi connectivity index (χ3v) is 2.73. The molecule has 0 aliphatic heterocycles. The van der Waals surface area contributed by atoms with Crippen molar-refractivity contribution in [2.75, 3.05) is 13.7 Å². The van der Waals surface area contributed by atoms with E-state index in [-0.39, 0.29) is 5.82 Å². The summed E-state index contributed by atoms with van der Waals surface area (Å²) in [5, 5.41) is 7.08. The molecule has 5 heteroatoms. The molecule has 19 heavy (non-hydrogen) atoms. The number of nitrogens with zero attached hydrogens (tertiary/aromatic N) is 2. The van der Waals surface area contributed by atoms with Crippen LogP contribution in [0.5, 0.6) is 5.75 Å². The molecular formula is C14H18FN3O. The van der Waals surface area contributed by atoms with Gasteiger partial charge in [0.25, 0.3) is 0 Å². The molecule has 0 saturated carbocycles. The standard InChI is InChI=1S/C14H18FN3O/c1-16-8-12-5-13(15)7-14(6-12)19-4-3-11-9-17-18(2)10-11/h5-7,9-10,16H,3-4,8H2,1-2H3. The van der Waals surface area contributed by atoms with Crippen molar-refractivity contribution in [2.24, 2.45) is 7.05 Å². The molecule has 0 spiro atoms. The van der Waals surface area contributed by atoms with Crippen molar-refractivity contribution < 1.29 is 9.13 Å². The molecule has 1 heterocycles. The Hall–Kier alpha value is -1.88. The van der Waals surface area contributed by atoms with Crippen molar-refractivity contribution in [1.82, 2.24) is 15.1 Å². The molecule has 0 aliphatic rings. The van der Waals surface area contributed by atoms with E-state index in [0.717, 1.165) is 17.5 Å². The average Bonchev–Trinajstić information content (AvgIpc) is 2.75. The molecule has 102 valence electrons. The highest BCUT2D eigenvalue weighted by atomic mass is 19.1. The van der Waals surface area contributed by atoms with E-state index in [4.69, 9.17) is 4.74 Å².